The number of halogens is 2. The molecule has 1 heterocycles. The van der Waals surface area contributed by atoms with Gasteiger partial charge in [-0.05, 0) is 50.6 Å². The van der Waals surface area contributed by atoms with Gasteiger partial charge in [-0.25, -0.2) is 8.78 Å². The standard InChI is InChI=1S/C24H36F2N2O/c1-18-6-3-4-7-22(18)23(19(2)29)8-5-11-27-12-14-28(15-13-27)17-20-9-10-21(25)16-24(20)26/h9-10,16,18,22-23H,3-8,11-15,17H2,1-2H3. The van der Waals surface area contributed by atoms with Crippen molar-refractivity contribution in [2.75, 3.05) is 32.7 Å². The summed E-state index contributed by atoms with van der Waals surface area (Å²) >= 11 is 0. The molecule has 1 aliphatic carbocycles. The molecule has 3 rings (SSSR count). The Kier molecular flexibility index (Phi) is 8.19. The van der Waals surface area contributed by atoms with Gasteiger partial charge in [-0.2, -0.15) is 0 Å². The minimum atomic E-state index is -0.525. The summed E-state index contributed by atoms with van der Waals surface area (Å²) in [7, 11) is 0. The monoisotopic (exact) mass is 406 g/mol. The van der Waals surface area contributed by atoms with Crippen LogP contribution < -0.4 is 0 Å². The average Bonchev–Trinajstić information content (AvgIpc) is 2.69. The second kappa shape index (κ2) is 10.6. The van der Waals surface area contributed by atoms with Crippen molar-refractivity contribution in [3.05, 3.63) is 35.4 Å². The number of benzene rings is 1. The minimum Gasteiger partial charge on any atom is -0.301 e. The zero-order valence-corrected chi connectivity index (χ0v) is 18.0. The Morgan fingerprint density at radius 2 is 1.79 bits per heavy atom. The Labute approximate surface area is 174 Å². The van der Waals surface area contributed by atoms with E-state index in [0.29, 0.717) is 29.7 Å². The Bertz CT molecular complexity index is 673. The van der Waals surface area contributed by atoms with Crippen molar-refractivity contribution in [2.24, 2.45) is 17.8 Å². The highest BCUT2D eigenvalue weighted by molar-refractivity contribution is 5.78. The first-order chi connectivity index (χ1) is 13.9. The van der Waals surface area contributed by atoms with Crippen molar-refractivity contribution >= 4 is 5.78 Å². The van der Waals surface area contributed by atoms with Crippen molar-refractivity contribution in [3.8, 4) is 0 Å². The molecular formula is C24H36F2N2O. The fraction of sp³-hybridized carbons (Fsp3) is 0.708. The molecule has 162 valence electrons. The molecule has 29 heavy (non-hydrogen) atoms. The van der Waals surface area contributed by atoms with E-state index in [1.54, 1.807) is 13.0 Å². The highest BCUT2D eigenvalue weighted by Gasteiger charge is 2.31. The van der Waals surface area contributed by atoms with Crippen LogP contribution in [-0.2, 0) is 11.3 Å². The molecule has 1 saturated carbocycles. The maximum absolute atomic E-state index is 13.9. The summed E-state index contributed by atoms with van der Waals surface area (Å²) in [4.78, 5) is 17.0. The molecule has 3 atom stereocenters. The normalized spacial score (nSPS) is 25.1. The number of hydrogen-bond donors (Lipinski definition) is 0. The predicted octanol–water partition coefficient (Wildman–Crippen LogP) is 4.89. The Morgan fingerprint density at radius 1 is 1.10 bits per heavy atom. The lowest BCUT2D eigenvalue weighted by Crippen LogP contribution is -2.46. The third-order valence-corrected chi connectivity index (χ3v) is 7.08. The lowest BCUT2D eigenvalue weighted by molar-refractivity contribution is -0.123. The van der Waals surface area contributed by atoms with Gasteiger partial charge in [-0.15, -0.1) is 0 Å². The molecule has 5 heteroatoms. The van der Waals surface area contributed by atoms with Crippen LogP contribution in [0.5, 0.6) is 0 Å². The number of carbonyl (C=O) groups excluding carboxylic acids is 1. The summed E-state index contributed by atoms with van der Waals surface area (Å²) in [6.45, 7) is 9.39. The first-order valence-electron chi connectivity index (χ1n) is 11.3. The molecule has 1 aromatic rings. The van der Waals surface area contributed by atoms with Gasteiger partial charge in [0.05, 0.1) is 0 Å². The molecule has 0 radical (unpaired) electrons. The second-order valence-corrected chi connectivity index (χ2v) is 9.14. The Hall–Kier alpha value is -1.33. The minimum absolute atomic E-state index is 0.230. The van der Waals surface area contributed by atoms with Gasteiger partial charge >= 0.3 is 0 Å². The molecule has 1 saturated heterocycles. The number of ketones is 1. The van der Waals surface area contributed by atoms with Crippen LogP contribution in [0, 0.1) is 29.4 Å². The van der Waals surface area contributed by atoms with E-state index in [2.05, 4.69) is 16.7 Å². The lowest BCUT2D eigenvalue weighted by atomic mass is 9.70. The maximum Gasteiger partial charge on any atom is 0.133 e. The first kappa shape index (κ1) is 22.4. The van der Waals surface area contributed by atoms with E-state index in [1.165, 1.54) is 31.7 Å². The fourth-order valence-corrected chi connectivity index (χ4v) is 5.26. The molecular weight excluding hydrogens is 370 g/mol. The summed E-state index contributed by atoms with van der Waals surface area (Å²) in [6, 6.07) is 3.84. The predicted molar refractivity (Wildman–Crippen MR) is 113 cm³/mol. The van der Waals surface area contributed by atoms with Gasteiger partial charge in [0.1, 0.15) is 17.4 Å². The molecule has 0 amide bonds. The molecule has 1 aliphatic heterocycles. The van der Waals surface area contributed by atoms with Gasteiger partial charge in [0.2, 0.25) is 0 Å². The smallest absolute Gasteiger partial charge is 0.133 e. The first-order valence-corrected chi connectivity index (χ1v) is 11.3. The van der Waals surface area contributed by atoms with E-state index in [-0.39, 0.29) is 5.92 Å². The van der Waals surface area contributed by atoms with Gasteiger partial charge in [0.15, 0.2) is 0 Å². The van der Waals surface area contributed by atoms with Crippen molar-refractivity contribution in [1.29, 1.82) is 0 Å². The molecule has 0 bridgehead atoms. The van der Waals surface area contributed by atoms with Gasteiger partial charge in [0.25, 0.3) is 0 Å². The van der Waals surface area contributed by atoms with Crippen LogP contribution in [0.25, 0.3) is 0 Å². The number of nitrogens with zero attached hydrogens (tertiary/aromatic N) is 2. The fourth-order valence-electron chi connectivity index (χ4n) is 5.26. The van der Waals surface area contributed by atoms with Gasteiger partial charge < -0.3 is 4.90 Å². The van der Waals surface area contributed by atoms with E-state index in [4.69, 9.17) is 0 Å². The van der Waals surface area contributed by atoms with E-state index in [1.807, 2.05) is 0 Å². The summed E-state index contributed by atoms with van der Waals surface area (Å²) in [5.74, 6) is 0.863. The van der Waals surface area contributed by atoms with E-state index in [9.17, 15) is 13.6 Å². The van der Waals surface area contributed by atoms with E-state index >= 15 is 0 Å². The summed E-state index contributed by atoms with van der Waals surface area (Å²) in [6.07, 6.45) is 7.14. The summed E-state index contributed by atoms with van der Waals surface area (Å²) in [5, 5.41) is 0. The lowest BCUT2D eigenvalue weighted by Gasteiger charge is -2.36. The summed E-state index contributed by atoms with van der Waals surface area (Å²) in [5.41, 5.74) is 0.561. The maximum atomic E-state index is 13.9. The molecule has 0 N–H and O–H groups in total. The van der Waals surface area contributed by atoms with Crippen LogP contribution in [0.3, 0.4) is 0 Å². The molecule has 1 aromatic carbocycles. The number of Topliss-reactive ketones (excluding diaryl/α,β-unsaturated/α-hetero) is 1. The summed E-state index contributed by atoms with van der Waals surface area (Å²) < 4.78 is 26.9. The Morgan fingerprint density at radius 3 is 2.45 bits per heavy atom. The highest BCUT2D eigenvalue weighted by Crippen LogP contribution is 2.37. The molecule has 0 aromatic heterocycles. The van der Waals surface area contributed by atoms with Crippen LogP contribution in [0.4, 0.5) is 8.78 Å². The van der Waals surface area contributed by atoms with Crippen molar-refractivity contribution in [1.82, 2.24) is 9.80 Å². The highest BCUT2D eigenvalue weighted by atomic mass is 19.1. The quantitative estimate of drug-likeness (QED) is 0.614. The Balaban J connectivity index is 1.40. The number of carbonyl (C=O) groups is 1. The third-order valence-electron chi connectivity index (χ3n) is 7.08. The van der Waals surface area contributed by atoms with Crippen LogP contribution in [-0.4, -0.2) is 48.3 Å². The number of hydrogen-bond acceptors (Lipinski definition) is 3. The van der Waals surface area contributed by atoms with Gasteiger partial charge in [-0.3, -0.25) is 9.69 Å². The van der Waals surface area contributed by atoms with E-state index < -0.39 is 11.6 Å². The molecule has 0 spiro atoms. The number of rotatable bonds is 8. The molecule has 2 fully saturated rings. The largest absolute Gasteiger partial charge is 0.301 e. The van der Waals surface area contributed by atoms with Crippen molar-refractivity contribution < 1.29 is 13.6 Å². The second-order valence-electron chi connectivity index (χ2n) is 9.14. The van der Waals surface area contributed by atoms with Crippen molar-refractivity contribution in [3.63, 3.8) is 0 Å². The average molecular weight is 407 g/mol. The van der Waals surface area contributed by atoms with Crippen LogP contribution >= 0.6 is 0 Å². The van der Waals surface area contributed by atoms with Crippen LogP contribution in [0.1, 0.15) is 57.9 Å². The third kappa shape index (κ3) is 6.32. The topological polar surface area (TPSA) is 23.6 Å². The van der Waals surface area contributed by atoms with Crippen LogP contribution in [0.2, 0.25) is 0 Å². The van der Waals surface area contributed by atoms with Gasteiger partial charge in [-0.1, -0.05) is 32.3 Å². The zero-order valence-electron chi connectivity index (χ0n) is 18.0. The molecule has 2 aliphatic rings. The molecule has 3 nitrogen and oxygen atoms in total. The molecule has 3 unspecified atom stereocenters. The van der Waals surface area contributed by atoms with Crippen LogP contribution in [0.15, 0.2) is 18.2 Å². The van der Waals surface area contributed by atoms with Gasteiger partial charge in [0, 0.05) is 50.3 Å². The number of piperazine rings is 1. The zero-order chi connectivity index (χ0) is 20.8. The van der Waals surface area contributed by atoms with Crippen molar-refractivity contribution in [2.45, 2.75) is 58.9 Å². The SMILES string of the molecule is CC(=O)C(CCCN1CCN(Cc2ccc(F)cc2F)CC1)C1CCCCC1C. The van der Waals surface area contributed by atoms with E-state index in [0.717, 1.165) is 51.6 Å².